The first-order valence-electron chi connectivity index (χ1n) is 10.1. The van der Waals surface area contributed by atoms with Crippen LogP contribution in [-0.4, -0.2) is 39.4 Å². The summed E-state index contributed by atoms with van der Waals surface area (Å²) in [4.78, 5) is 15.1. The van der Waals surface area contributed by atoms with Crippen molar-refractivity contribution in [3.63, 3.8) is 0 Å². The molecule has 0 radical (unpaired) electrons. The van der Waals surface area contributed by atoms with Crippen LogP contribution in [0.3, 0.4) is 0 Å². The molecule has 1 N–H and O–H groups in total. The van der Waals surface area contributed by atoms with Crippen LogP contribution >= 0.6 is 43.5 Å². The van der Waals surface area contributed by atoms with Gasteiger partial charge in [0.1, 0.15) is 0 Å². The van der Waals surface area contributed by atoms with Gasteiger partial charge in [0, 0.05) is 22.0 Å². The van der Waals surface area contributed by atoms with Gasteiger partial charge in [-0.1, -0.05) is 67.7 Å². The van der Waals surface area contributed by atoms with Crippen molar-refractivity contribution in [2.45, 2.75) is 23.8 Å². The lowest BCUT2D eigenvalue weighted by molar-refractivity contribution is 0.0730. The molecule has 3 aromatic rings. The molecule has 0 spiro atoms. The van der Waals surface area contributed by atoms with Crippen molar-refractivity contribution in [2.75, 3.05) is 14.1 Å². The number of sulfonamides is 1. The molecule has 0 aliphatic heterocycles. The van der Waals surface area contributed by atoms with E-state index in [2.05, 4.69) is 36.6 Å². The van der Waals surface area contributed by atoms with Crippen LogP contribution in [0.4, 0.5) is 0 Å². The van der Waals surface area contributed by atoms with Gasteiger partial charge < -0.3 is 4.90 Å². The van der Waals surface area contributed by atoms with Crippen molar-refractivity contribution >= 4 is 59.4 Å². The second-order valence-corrected chi connectivity index (χ2v) is 11.7. The number of carbonyl (C=O) groups excluding carboxylic acids is 1. The van der Waals surface area contributed by atoms with Crippen molar-refractivity contribution in [1.82, 2.24) is 9.62 Å². The van der Waals surface area contributed by atoms with Gasteiger partial charge in [0.25, 0.3) is 5.91 Å². The Balaban J connectivity index is 1.95. The average Bonchev–Trinajstić information content (AvgIpc) is 2.80. The zero-order valence-electron chi connectivity index (χ0n) is 18.1. The van der Waals surface area contributed by atoms with Crippen molar-refractivity contribution in [3.8, 4) is 0 Å². The standard InChI is InChI=1S/C24H23Br2ClN2O3S/c1-28-33(31,32)21-11-12-23(27)22(15-21)24(30)29(2)20(13-16-3-7-18(25)8-4-16)14-17-5-9-19(26)10-6-17/h3-12,15,20,28H,13-14H2,1-2H3. The lowest BCUT2D eigenvalue weighted by atomic mass is 9.97. The van der Waals surface area contributed by atoms with Gasteiger partial charge in [-0.15, -0.1) is 0 Å². The van der Waals surface area contributed by atoms with E-state index < -0.39 is 10.0 Å². The van der Waals surface area contributed by atoms with Crippen molar-refractivity contribution in [3.05, 3.63) is 97.4 Å². The molecular weight excluding hydrogens is 592 g/mol. The highest BCUT2D eigenvalue weighted by Crippen LogP contribution is 2.24. The topological polar surface area (TPSA) is 66.5 Å². The van der Waals surface area contributed by atoms with Gasteiger partial charge in [-0.05, 0) is 73.5 Å². The van der Waals surface area contributed by atoms with E-state index in [1.807, 2.05) is 48.5 Å². The highest BCUT2D eigenvalue weighted by atomic mass is 79.9. The molecular formula is C24H23Br2ClN2O3S. The average molecular weight is 615 g/mol. The lowest BCUT2D eigenvalue weighted by Gasteiger charge is -2.29. The number of nitrogens with zero attached hydrogens (tertiary/aromatic N) is 1. The van der Waals surface area contributed by atoms with E-state index in [0.29, 0.717) is 12.8 Å². The molecule has 0 atom stereocenters. The monoisotopic (exact) mass is 612 g/mol. The molecule has 0 bridgehead atoms. The van der Waals surface area contributed by atoms with E-state index in [4.69, 9.17) is 11.6 Å². The van der Waals surface area contributed by atoms with E-state index in [1.165, 1.54) is 25.2 Å². The molecule has 1 amide bonds. The Morgan fingerprint density at radius 2 is 1.42 bits per heavy atom. The third-order valence-electron chi connectivity index (χ3n) is 5.38. The predicted octanol–water partition coefficient (Wildman–Crippen LogP) is 5.70. The lowest BCUT2D eigenvalue weighted by Crippen LogP contribution is -2.40. The fourth-order valence-electron chi connectivity index (χ4n) is 3.44. The summed E-state index contributed by atoms with van der Waals surface area (Å²) in [5.74, 6) is -0.340. The molecule has 0 saturated heterocycles. The van der Waals surface area contributed by atoms with E-state index >= 15 is 0 Å². The van der Waals surface area contributed by atoms with Gasteiger partial charge in [-0.3, -0.25) is 4.79 Å². The largest absolute Gasteiger partial charge is 0.338 e. The Kier molecular flexibility index (Phi) is 8.75. The van der Waals surface area contributed by atoms with E-state index in [1.54, 1.807) is 11.9 Å². The summed E-state index contributed by atoms with van der Waals surface area (Å²) in [6, 6.07) is 19.9. The van der Waals surface area contributed by atoms with E-state index in [-0.39, 0.29) is 27.4 Å². The molecule has 9 heteroatoms. The number of halogens is 3. The maximum absolute atomic E-state index is 13.5. The molecule has 0 aliphatic rings. The number of likely N-dealkylation sites (N-methyl/N-ethyl adjacent to an activating group) is 1. The molecule has 5 nitrogen and oxygen atoms in total. The Bertz CT molecular complexity index is 1190. The third-order valence-corrected chi connectivity index (χ3v) is 8.18. The summed E-state index contributed by atoms with van der Waals surface area (Å²) in [7, 11) is -0.665. The Labute approximate surface area is 216 Å². The molecule has 0 aromatic heterocycles. The number of carbonyl (C=O) groups is 1. The minimum Gasteiger partial charge on any atom is -0.338 e. The quantitative estimate of drug-likeness (QED) is 0.354. The first-order valence-corrected chi connectivity index (χ1v) is 13.5. The van der Waals surface area contributed by atoms with Gasteiger partial charge in [-0.2, -0.15) is 0 Å². The maximum Gasteiger partial charge on any atom is 0.255 e. The Morgan fingerprint density at radius 1 is 0.939 bits per heavy atom. The molecule has 3 rings (SSSR count). The smallest absolute Gasteiger partial charge is 0.255 e. The van der Waals surface area contributed by atoms with Crippen LogP contribution in [0.25, 0.3) is 0 Å². The van der Waals surface area contributed by atoms with Crippen molar-refractivity contribution in [2.24, 2.45) is 0 Å². The van der Waals surface area contributed by atoms with Gasteiger partial charge in [0.2, 0.25) is 10.0 Å². The van der Waals surface area contributed by atoms with Gasteiger partial charge in [0.15, 0.2) is 0 Å². The van der Waals surface area contributed by atoms with Crippen LogP contribution in [0.1, 0.15) is 21.5 Å². The fourth-order valence-corrected chi connectivity index (χ4v) is 4.92. The third kappa shape index (κ3) is 6.67. The van der Waals surface area contributed by atoms with Gasteiger partial charge in [-0.25, -0.2) is 13.1 Å². The molecule has 33 heavy (non-hydrogen) atoms. The summed E-state index contributed by atoms with van der Waals surface area (Å²) in [5.41, 5.74) is 2.31. The Hall–Kier alpha value is -1.71. The van der Waals surface area contributed by atoms with Crippen LogP contribution in [-0.2, 0) is 22.9 Å². The highest BCUT2D eigenvalue weighted by molar-refractivity contribution is 9.10. The molecule has 0 aliphatic carbocycles. The second-order valence-electron chi connectivity index (χ2n) is 7.58. The van der Waals surface area contributed by atoms with Crippen LogP contribution < -0.4 is 4.72 Å². The van der Waals surface area contributed by atoms with Gasteiger partial charge in [0.05, 0.1) is 15.5 Å². The molecule has 0 heterocycles. The van der Waals surface area contributed by atoms with Gasteiger partial charge >= 0.3 is 0 Å². The number of nitrogens with one attached hydrogen (secondary N) is 1. The fraction of sp³-hybridized carbons (Fsp3) is 0.208. The van der Waals surface area contributed by atoms with E-state index in [9.17, 15) is 13.2 Å². The summed E-state index contributed by atoms with van der Waals surface area (Å²) in [6.07, 6.45) is 1.25. The Morgan fingerprint density at radius 3 is 1.88 bits per heavy atom. The summed E-state index contributed by atoms with van der Waals surface area (Å²) >= 11 is 13.2. The minimum absolute atomic E-state index is 0.0106. The summed E-state index contributed by atoms with van der Waals surface area (Å²) in [6.45, 7) is 0. The molecule has 174 valence electrons. The van der Waals surface area contributed by atoms with Crippen LogP contribution in [0.2, 0.25) is 5.02 Å². The molecule has 0 saturated carbocycles. The zero-order valence-corrected chi connectivity index (χ0v) is 22.8. The first-order chi connectivity index (χ1) is 15.6. The van der Waals surface area contributed by atoms with Crippen molar-refractivity contribution in [1.29, 1.82) is 0 Å². The zero-order chi connectivity index (χ0) is 24.2. The van der Waals surface area contributed by atoms with Crippen LogP contribution in [0, 0.1) is 0 Å². The highest BCUT2D eigenvalue weighted by Gasteiger charge is 2.25. The molecule has 3 aromatic carbocycles. The number of hydrogen-bond donors (Lipinski definition) is 1. The van der Waals surface area contributed by atoms with E-state index in [0.717, 1.165) is 20.1 Å². The molecule has 0 fully saturated rings. The van der Waals surface area contributed by atoms with Crippen LogP contribution in [0.15, 0.2) is 80.6 Å². The second kappa shape index (κ2) is 11.1. The number of rotatable bonds is 8. The number of benzene rings is 3. The summed E-state index contributed by atoms with van der Waals surface area (Å²) < 4.78 is 28.7. The maximum atomic E-state index is 13.5. The number of hydrogen-bond acceptors (Lipinski definition) is 3. The SMILES string of the molecule is CNS(=O)(=O)c1ccc(Cl)c(C(=O)N(C)C(Cc2ccc(Br)cc2)Cc2ccc(Br)cc2)c1. The number of amides is 1. The minimum atomic E-state index is -3.71. The summed E-state index contributed by atoms with van der Waals surface area (Å²) in [5, 5.41) is 0.202. The normalized spacial score (nSPS) is 11.6. The first kappa shape index (κ1) is 25.9. The predicted molar refractivity (Wildman–Crippen MR) is 139 cm³/mol. The van der Waals surface area contributed by atoms with Crippen LogP contribution in [0.5, 0.6) is 0 Å². The molecule has 0 unspecified atom stereocenters. The van der Waals surface area contributed by atoms with Crippen molar-refractivity contribution < 1.29 is 13.2 Å².